The molecule has 0 radical (unpaired) electrons. The summed E-state index contributed by atoms with van der Waals surface area (Å²) < 4.78 is 17.2. The van der Waals surface area contributed by atoms with E-state index >= 15 is 0 Å². The molecule has 1 aliphatic heterocycles. The largest absolute Gasteiger partial charge is 0.489 e. The summed E-state index contributed by atoms with van der Waals surface area (Å²) in [5.41, 5.74) is 1.51. The number of carbonyl (C=O) groups excluding carboxylic acids is 1. The standard InChI is InChI=1S/C22H25NO5/c1-5-26-21(25)22-11-17(12(2)3)27-20(22)18(15(24)10-13(22)4)19-14-8-6-7-9-16(14)28-23-19/h6-9,13,15,17,24H,2,5,10-11H2,1,3-4H3/t13-,15?,17-,22-/m0/s1. The molecular formula is C22H25NO5. The number of aliphatic hydroxyl groups is 1. The van der Waals surface area contributed by atoms with Gasteiger partial charge in [-0.1, -0.05) is 30.8 Å². The van der Waals surface area contributed by atoms with Gasteiger partial charge in [-0.25, -0.2) is 0 Å². The molecule has 28 heavy (non-hydrogen) atoms. The second kappa shape index (κ2) is 6.78. The molecule has 1 fully saturated rings. The topological polar surface area (TPSA) is 81.8 Å². The van der Waals surface area contributed by atoms with Gasteiger partial charge in [-0.3, -0.25) is 4.79 Å². The van der Waals surface area contributed by atoms with Crippen molar-refractivity contribution in [3.63, 3.8) is 0 Å². The SMILES string of the molecule is C=C(C)[C@@H]1C[C@@]2(C(=O)OCC)C(=C(c3noc4ccccc34)C(O)C[C@@H]2C)O1. The lowest BCUT2D eigenvalue weighted by Gasteiger charge is -2.39. The molecule has 1 saturated heterocycles. The third-order valence-corrected chi connectivity index (χ3v) is 5.99. The number of hydrogen-bond donors (Lipinski definition) is 1. The number of ether oxygens (including phenoxy) is 2. The van der Waals surface area contributed by atoms with Crippen LogP contribution in [0, 0.1) is 11.3 Å². The maximum atomic E-state index is 13.2. The highest BCUT2D eigenvalue weighted by molar-refractivity contribution is 5.94. The van der Waals surface area contributed by atoms with Crippen LogP contribution in [0.3, 0.4) is 0 Å². The minimum atomic E-state index is -0.964. The van der Waals surface area contributed by atoms with Crippen molar-refractivity contribution >= 4 is 22.5 Å². The number of aromatic nitrogens is 1. The lowest BCUT2D eigenvalue weighted by Crippen LogP contribution is -2.44. The van der Waals surface area contributed by atoms with Gasteiger partial charge in [0, 0.05) is 17.4 Å². The highest BCUT2D eigenvalue weighted by Crippen LogP contribution is 2.57. The Hall–Kier alpha value is -2.60. The number of aliphatic hydroxyl groups excluding tert-OH is 1. The van der Waals surface area contributed by atoms with Crippen molar-refractivity contribution in [2.75, 3.05) is 6.61 Å². The molecular weight excluding hydrogens is 358 g/mol. The van der Waals surface area contributed by atoms with E-state index in [0.717, 1.165) is 11.0 Å². The van der Waals surface area contributed by atoms with Crippen molar-refractivity contribution in [3.05, 3.63) is 47.9 Å². The second-order valence-electron chi connectivity index (χ2n) is 7.77. The summed E-state index contributed by atoms with van der Waals surface area (Å²) in [5, 5.41) is 16.0. The van der Waals surface area contributed by atoms with Crippen molar-refractivity contribution in [1.82, 2.24) is 5.16 Å². The van der Waals surface area contributed by atoms with Gasteiger partial charge in [0.15, 0.2) is 5.58 Å². The smallest absolute Gasteiger partial charge is 0.320 e. The number of carbonyl (C=O) groups is 1. The third-order valence-electron chi connectivity index (χ3n) is 5.99. The van der Waals surface area contributed by atoms with Crippen molar-refractivity contribution in [1.29, 1.82) is 0 Å². The number of nitrogens with zero attached hydrogens (tertiary/aromatic N) is 1. The molecule has 6 nitrogen and oxygen atoms in total. The summed E-state index contributed by atoms with van der Waals surface area (Å²) in [4.78, 5) is 13.2. The highest BCUT2D eigenvalue weighted by Gasteiger charge is 2.60. The fourth-order valence-corrected chi connectivity index (χ4v) is 4.47. The van der Waals surface area contributed by atoms with Crippen LogP contribution in [0.15, 0.2) is 46.7 Å². The fraction of sp³-hybridized carbons (Fsp3) is 0.455. The van der Waals surface area contributed by atoms with Gasteiger partial charge >= 0.3 is 5.97 Å². The van der Waals surface area contributed by atoms with Crippen molar-refractivity contribution < 1.29 is 23.9 Å². The van der Waals surface area contributed by atoms with E-state index in [0.29, 0.717) is 35.5 Å². The molecule has 0 bridgehead atoms. The van der Waals surface area contributed by atoms with Crippen molar-refractivity contribution in [3.8, 4) is 0 Å². The van der Waals surface area contributed by atoms with E-state index in [1.807, 2.05) is 38.1 Å². The first-order valence-electron chi connectivity index (χ1n) is 9.66. The van der Waals surface area contributed by atoms with Gasteiger partial charge in [0.05, 0.1) is 12.7 Å². The highest BCUT2D eigenvalue weighted by atomic mass is 16.5. The number of para-hydroxylation sites is 1. The Kier molecular flexibility index (Phi) is 4.54. The number of benzene rings is 1. The van der Waals surface area contributed by atoms with Crippen molar-refractivity contribution in [2.45, 2.75) is 45.8 Å². The first-order valence-corrected chi connectivity index (χ1v) is 9.66. The summed E-state index contributed by atoms with van der Waals surface area (Å²) in [6.45, 7) is 9.93. The Morgan fingerprint density at radius 1 is 1.43 bits per heavy atom. The number of esters is 1. The minimum absolute atomic E-state index is 0.150. The fourth-order valence-electron chi connectivity index (χ4n) is 4.47. The van der Waals surface area contributed by atoms with Crippen LogP contribution in [-0.4, -0.2) is 35.0 Å². The van der Waals surface area contributed by atoms with E-state index in [-0.39, 0.29) is 24.6 Å². The van der Waals surface area contributed by atoms with Crippen LogP contribution >= 0.6 is 0 Å². The second-order valence-corrected chi connectivity index (χ2v) is 7.77. The van der Waals surface area contributed by atoms with Crippen molar-refractivity contribution in [2.24, 2.45) is 11.3 Å². The quantitative estimate of drug-likeness (QED) is 0.638. The number of fused-ring (bicyclic) bond motifs is 2. The van der Waals surface area contributed by atoms with E-state index in [4.69, 9.17) is 14.0 Å². The summed E-state index contributed by atoms with van der Waals surface area (Å²) in [7, 11) is 0. The predicted molar refractivity (Wildman–Crippen MR) is 104 cm³/mol. The molecule has 0 amide bonds. The van der Waals surface area contributed by atoms with Gasteiger partial charge in [-0.15, -0.1) is 0 Å². The molecule has 1 aromatic heterocycles. The Labute approximate surface area is 163 Å². The Morgan fingerprint density at radius 3 is 2.89 bits per heavy atom. The molecule has 1 aliphatic carbocycles. The minimum Gasteiger partial charge on any atom is -0.489 e. The first kappa shape index (κ1) is 18.7. The maximum absolute atomic E-state index is 13.2. The number of rotatable bonds is 4. The van der Waals surface area contributed by atoms with E-state index in [9.17, 15) is 9.90 Å². The zero-order valence-corrected chi connectivity index (χ0v) is 16.4. The zero-order valence-electron chi connectivity index (χ0n) is 16.4. The average molecular weight is 383 g/mol. The molecule has 4 atom stereocenters. The van der Waals surface area contributed by atoms with Crippen LogP contribution in [0.2, 0.25) is 0 Å². The Morgan fingerprint density at radius 2 is 2.18 bits per heavy atom. The van der Waals surface area contributed by atoms with Gasteiger partial charge in [0.2, 0.25) is 0 Å². The summed E-state index contributed by atoms with van der Waals surface area (Å²) in [6, 6.07) is 7.45. The van der Waals surface area contributed by atoms with E-state index < -0.39 is 11.5 Å². The van der Waals surface area contributed by atoms with Gasteiger partial charge in [-0.05, 0) is 43.9 Å². The molecule has 1 aromatic carbocycles. The first-order chi connectivity index (χ1) is 13.4. The average Bonchev–Trinajstić information content (AvgIpc) is 3.26. The lowest BCUT2D eigenvalue weighted by molar-refractivity contribution is -0.157. The Balaban J connectivity index is 1.98. The van der Waals surface area contributed by atoms with Gasteiger partial charge < -0.3 is 19.1 Å². The zero-order chi connectivity index (χ0) is 20.1. The predicted octanol–water partition coefficient (Wildman–Crippen LogP) is 3.85. The van der Waals surface area contributed by atoms with E-state index in [1.165, 1.54) is 0 Å². The number of hydrogen-bond acceptors (Lipinski definition) is 6. The molecule has 148 valence electrons. The third kappa shape index (κ3) is 2.58. The molecule has 1 N–H and O–H groups in total. The van der Waals surface area contributed by atoms with E-state index in [2.05, 4.69) is 11.7 Å². The molecule has 6 heteroatoms. The van der Waals surface area contributed by atoms with Crippen LogP contribution in [0.5, 0.6) is 0 Å². The molecule has 0 saturated carbocycles. The van der Waals surface area contributed by atoms with Crippen LogP contribution < -0.4 is 0 Å². The molecule has 4 rings (SSSR count). The summed E-state index contributed by atoms with van der Waals surface area (Å²) >= 11 is 0. The molecule has 2 aromatic rings. The monoisotopic (exact) mass is 383 g/mol. The molecule has 1 unspecified atom stereocenters. The van der Waals surface area contributed by atoms with Crippen LogP contribution in [0.1, 0.15) is 39.3 Å². The van der Waals surface area contributed by atoms with Crippen LogP contribution in [-0.2, 0) is 14.3 Å². The van der Waals surface area contributed by atoms with Gasteiger partial charge in [0.1, 0.15) is 23.0 Å². The van der Waals surface area contributed by atoms with Gasteiger partial charge in [-0.2, -0.15) is 0 Å². The maximum Gasteiger partial charge on any atom is 0.320 e. The molecule has 2 aliphatic rings. The summed E-state index contributed by atoms with van der Waals surface area (Å²) in [5.74, 6) is -0.0227. The van der Waals surface area contributed by atoms with E-state index in [1.54, 1.807) is 6.92 Å². The molecule has 0 spiro atoms. The summed E-state index contributed by atoms with van der Waals surface area (Å²) in [6.07, 6.45) is -0.278. The van der Waals surface area contributed by atoms with Crippen LogP contribution in [0.4, 0.5) is 0 Å². The molecule has 2 heterocycles. The normalized spacial score (nSPS) is 29.5. The van der Waals surface area contributed by atoms with Crippen LogP contribution in [0.25, 0.3) is 16.5 Å². The van der Waals surface area contributed by atoms with Gasteiger partial charge in [0.25, 0.3) is 0 Å². The lowest BCUT2D eigenvalue weighted by atomic mass is 9.64. The Bertz CT molecular complexity index is 974.